The van der Waals surface area contributed by atoms with Crippen molar-refractivity contribution in [2.75, 3.05) is 0 Å². The third-order valence-electron chi connectivity index (χ3n) is 3.57. The molecule has 0 saturated heterocycles. The highest BCUT2D eigenvalue weighted by Crippen LogP contribution is 2.13. The number of hydrogen-bond donors (Lipinski definition) is 1. The molecule has 0 aromatic heterocycles. The molecule has 2 heteroatoms. The van der Waals surface area contributed by atoms with Crippen LogP contribution in [0.15, 0.2) is 48.5 Å². The second-order valence-corrected chi connectivity index (χ2v) is 5.67. The number of aryl methyl sites for hydroxylation is 1. The third-order valence-corrected chi connectivity index (χ3v) is 3.81. The molecule has 2 aromatic rings. The number of hydrogen-bond acceptors (Lipinski definition) is 1. The first-order valence-electron chi connectivity index (χ1n) is 7.23. The highest BCUT2D eigenvalue weighted by atomic mass is 35.5. The Balaban J connectivity index is 1.90. The summed E-state index contributed by atoms with van der Waals surface area (Å²) in [5, 5.41) is 4.41. The molecule has 0 fully saturated rings. The maximum Gasteiger partial charge on any atom is 0.0408 e. The van der Waals surface area contributed by atoms with Crippen molar-refractivity contribution >= 4 is 11.6 Å². The van der Waals surface area contributed by atoms with Crippen molar-refractivity contribution in [2.45, 2.75) is 39.3 Å². The minimum absolute atomic E-state index is 0.429. The predicted octanol–water partition coefficient (Wildman–Crippen LogP) is 4.62. The fourth-order valence-electron chi connectivity index (χ4n) is 2.45. The van der Waals surface area contributed by atoms with E-state index < -0.39 is 0 Å². The van der Waals surface area contributed by atoms with E-state index in [9.17, 15) is 0 Å². The van der Waals surface area contributed by atoms with Crippen molar-refractivity contribution in [3.05, 3.63) is 70.2 Å². The van der Waals surface area contributed by atoms with Gasteiger partial charge in [0.1, 0.15) is 0 Å². The summed E-state index contributed by atoms with van der Waals surface area (Å²) in [7, 11) is 0. The summed E-state index contributed by atoms with van der Waals surface area (Å²) in [5.74, 6) is 0. The fourth-order valence-corrected chi connectivity index (χ4v) is 2.66. The third kappa shape index (κ3) is 4.36. The lowest BCUT2D eigenvalue weighted by Crippen LogP contribution is -2.27. The van der Waals surface area contributed by atoms with Crippen LogP contribution in [0.5, 0.6) is 0 Å². The van der Waals surface area contributed by atoms with Crippen molar-refractivity contribution in [1.29, 1.82) is 0 Å². The number of benzene rings is 2. The molecule has 2 rings (SSSR count). The molecular formula is C18H22ClN. The van der Waals surface area contributed by atoms with E-state index in [0.717, 1.165) is 24.4 Å². The van der Waals surface area contributed by atoms with Gasteiger partial charge in [-0.05, 0) is 48.6 Å². The average Bonchev–Trinajstić information content (AvgIpc) is 2.45. The van der Waals surface area contributed by atoms with Gasteiger partial charge >= 0.3 is 0 Å². The van der Waals surface area contributed by atoms with Gasteiger partial charge in [-0.3, -0.25) is 0 Å². The van der Waals surface area contributed by atoms with Crippen LogP contribution in [-0.4, -0.2) is 6.04 Å². The summed E-state index contributed by atoms with van der Waals surface area (Å²) in [6, 6.07) is 17.2. The normalized spacial score (nSPS) is 12.3. The molecule has 0 aliphatic carbocycles. The summed E-state index contributed by atoms with van der Waals surface area (Å²) in [6.45, 7) is 5.34. The van der Waals surface area contributed by atoms with E-state index in [2.05, 4.69) is 49.5 Å². The van der Waals surface area contributed by atoms with Crippen LogP contribution in [-0.2, 0) is 19.4 Å². The Hall–Kier alpha value is -1.31. The van der Waals surface area contributed by atoms with Crippen molar-refractivity contribution in [2.24, 2.45) is 0 Å². The van der Waals surface area contributed by atoms with Gasteiger partial charge in [0.05, 0.1) is 0 Å². The van der Waals surface area contributed by atoms with Crippen molar-refractivity contribution < 1.29 is 0 Å². The fraction of sp³-hybridized carbons (Fsp3) is 0.333. The topological polar surface area (TPSA) is 12.0 Å². The van der Waals surface area contributed by atoms with Gasteiger partial charge in [-0.25, -0.2) is 0 Å². The lowest BCUT2D eigenvalue weighted by atomic mass is 10.0. The molecule has 0 aliphatic heterocycles. The number of rotatable bonds is 6. The van der Waals surface area contributed by atoms with Crippen LogP contribution in [0.2, 0.25) is 5.02 Å². The van der Waals surface area contributed by atoms with Gasteiger partial charge < -0.3 is 5.32 Å². The van der Waals surface area contributed by atoms with Gasteiger partial charge in [-0.2, -0.15) is 0 Å². The van der Waals surface area contributed by atoms with E-state index >= 15 is 0 Å². The molecule has 0 bridgehead atoms. The standard InChI is InChI=1S/C18H22ClN/c1-3-16-8-4-5-9-17(16)13-20-14(2)11-15-7-6-10-18(19)12-15/h4-10,12,14,20H,3,11,13H2,1-2H3. The van der Waals surface area contributed by atoms with Gasteiger partial charge in [0, 0.05) is 17.6 Å². The van der Waals surface area contributed by atoms with E-state index in [1.807, 2.05) is 18.2 Å². The van der Waals surface area contributed by atoms with Crippen molar-refractivity contribution in [3.8, 4) is 0 Å². The Kier molecular flexibility index (Phi) is 5.63. The minimum atomic E-state index is 0.429. The van der Waals surface area contributed by atoms with Gasteiger partial charge in [0.25, 0.3) is 0 Å². The zero-order chi connectivity index (χ0) is 14.4. The van der Waals surface area contributed by atoms with Gasteiger partial charge in [-0.1, -0.05) is 54.9 Å². The molecule has 1 N–H and O–H groups in total. The van der Waals surface area contributed by atoms with Crippen LogP contribution in [0.3, 0.4) is 0 Å². The van der Waals surface area contributed by atoms with E-state index in [1.54, 1.807) is 0 Å². The predicted molar refractivity (Wildman–Crippen MR) is 87.3 cm³/mol. The van der Waals surface area contributed by atoms with Crippen LogP contribution in [0, 0.1) is 0 Å². The minimum Gasteiger partial charge on any atom is -0.310 e. The van der Waals surface area contributed by atoms with Crippen LogP contribution in [0.25, 0.3) is 0 Å². The maximum atomic E-state index is 6.02. The lowest BCUT2D eigenvalue weighted by Gasteiger charge is -2.15. The molecule has 0 aliphatic rings. The first kappa shape index (κ1) is 15.1. The molecule has 0 saturated carbocycles. The Morgan fingerprint density at radius 3 is 2.50 bits per heavy atom. The highest BCUT2D eigenvalue weighted by Gasteiger charge is 2.05. The first-order valence-corrected chi connectivity index (χ1v) is 7.61. The molecule has 0 amide bonds. The molecule has 0 spiro atoms. The molecule has 2 aromatic carbocycles. The summed E-state index contributed by atoms with van der Waals surface area (Å²) >= 11 is 6.02. The van der Waals surface area contributed by atoms with Gasteiger partial charge in [0.15, 0.2) is 0 Å². The van der Waals surface area contributed by atoms with Crippen LogP contribution < -0.4 is 5.32 Å². The molecule has 20 heavy (non-hydrogen) atoms. The van der Waals surface area contributed by atoms with E-state index in [1.165, 1.54) is 16.7 Å². The van der Waals surface area contributed by atoms with E-state index in [-0.39, 0.29) is 0 Å². The van der Waals surface area contributed by atoms with Crippen molar-refractivity contribution in [1.82, 2.24) is 5.32 Å². The second kappa shape index (κ2) is 7.47. The molecule has 1 nitrogen and oxygen atoms in total. The van der Waals surface area contributed by atoms with Crippen LogP contribution in [0.1, 0.15) is 30.5 Å². The van der Waals surface area contributed by atoms with E-state index in [0.29, 0.717) is 6.04 Å². The summed E-state index contributed by atoms with van der Waals surface area (Å²) in [5.41, 5.74) is 4.10. The average molecular weight is 288 g/mol. The summed E-state index contributed by atoms with van der Waals surface area (Å²) < 4.78 is 0. The quantitative estimate of drug-likeness (QED) is 0.817. The Bertz CT molecular complexity index is 551. The van der Waals surface area contributed by atoms with E-state index in [4.69, 9.17) is 11.6 Å². The number of halogens is 1. The second-order valence-electron chi connectivity index (χ2n) is 5.24. The Labute approximate surface area is 127 Å². The monoisotopic (exact) mass is 287 g/mol. The van der Waals surface area contributed by atoms with Gasteiger partial charge in [-0.15, -0.1) is 0 Å². The molecular weight excluding hydrogens is 266 g/mol. The number of nitrogens with one attached hydrogen (secondary N) is 1. The zero-order valence-corrected chi connectivity index (χ0v) is 13.0. The molecule has 1 atom stereocenters. The van der Waals surface area contributed by atoms with Crippen LogP contribution in [0.4, 0.5) is 0 Å². The molecule has 0 radical (unpaired) electrons. The largest absolute Gasteiger partial charge is 0.310 e. The molecule has 0 heterocycles. The highest BCUT2D eigenvalue weighted by molar-refractivity contribution is 6.30. The molecule has 1 unspecified atom stereocenters. The Morgan fingerprint density at radius 1 is 1.05 bits per heavy atom. The zero-order valence-electron chi connectivity index (χ0n) is 12.2. The van der Waals surface area contributed by atoms with Gasteiger partial charge in [0.2, 0.25) is 0 Å². The summed E-state index contributed by atoms with van der Waals surface area (Å²) in [4.78, 5) is 0. The maximum absolute atomic E-state index is 6.02. The Morgan fingerprint density at radius 2 is 1.80 bits per heavy atom. The SMILES string of the molecule is CCc1ccccc1CNC(C)Cc1cccc(Cl)c1. The van der Waals surface area contributed by atoms with Crippen LogP contribution >= 0.6 is 11.6 Å². The summed E-state index contributed by atoms with van der Waals surface area (Å²) in [6.07, 6.45) is 2.08. The first-order chi connectivity index (χ1) is 9.69. The van der Waals surface area contributed by atoms with Crippen molar-refractivity contribution in [3.63, 3.8) is 0 Å². The lowest BCUT2D eigenvalue weighted by molar-refractivity contribution is 0.544. The smallest absolute Gasteiger partial charge is 0.0408 e. The molecule has 106 valence electrons.